The average Bonchev–Trinajstić information content (AvgIpc) is 3.15. The summed E-state index contributed by atoms with van der Waals surface area (Å²) in [6, 6.07) is 10.4. The van der Waals surface area contributed by atoms with Crippen LogP contribution in [0.1, 0.15) is 29.4 Å². The molecule has 0 N–H and O–H groups in total. The number of fused-ring (bicyclic) bond motifs is 2. The van der Waals surface area contributed by atoms with E-state index >= 15 is 0 Å². The maximum Gasteiger partial charge on any atom is 0.254 e. The molecule has 0 aliphatic carbocycles. The van der Waals surface area contributed by atoms with Gasteiger partial charge in [0.25, 0.3) is 5.78 Å². The quantitative estimate of drug-likeness (QED) is 0.495. The molecule has 4 aromatic rings. The maximum atomic E-state index is 5.62. The van der Waals surface area contributed by atoms with Crippen LogP contribution in [0.3, 0.4) is 0 Å². The van der Waals surface area contributed by atoms with Crippen LogP contribution >= 0.6 is 23.6 Å². The highest BCUT2D eigenvalue weighted by Gasteiger charge is 2.18. The van der Waals surface area contributed by atoms with Crippen molar-refractivity contribution in [2.75, 3.05) is 7.05 Å². The summed E-state index contributed by atoms with van der Waals surface area (Å²) in [6.45, 7) is 6.73. The lowest BCUT2D eigenvalue weighted by molar-refractivity contribution is 0.195. The van der Waals surface area contributed by atoms with E-state index in [0.29, 0.717) is 17.2 Å². The molecule has 1 aromatic carbocycles. The molecular weight excluding hydrogens is 364 g/mol. The fourth-order valence-corrected chi connectivity index (χ4v) is 4.43. The number of rotatable bonds is 4. The third-order valence-electron chi connectivity index (χ3n) is 4.56. The van der Waals surface area contributed by atoms with Gasteiger partial charge in [0, 0.05) is 11.4 Å². The molecule has 6 nitrogen and oxygen atoms in total. The number of benzene rings is 1. The van der Waals surface area contributed by atoms with Crippen LogP contribution in [0, 0.1) is 18.6 Å². The van der Waals surface area contributed by atoms with E-state index in [1.165, 1.54) is 4.70 Å². The lowest BCUT2D eigenvalue weighted by atomic mass is 10.3. The average molecular weight is 385 g/mol. The Morgan fingerprint density at radius 2 is 2.00 bits per heavy atom. The standard InChI is InChI=1S/C18H20N6S2/c1-11-9-12(2)24-17(19-11)21-23(18(24)25)10-22(4)13(3)16-20-14-7-5-6-8-15(14)26-16/h5-9,13H,10H2,1-4H3/t13-/m0/s1. The largest absolute Gasteiger partial charge is 0.278 e. The molecule has 3 aromatic heterocycles. The number of thiazole rings is 1. The van der Waals surface area contributed by atoms with Crippen molar-refractivity contribution in [3.63, 3.8) is 0 Å². The number of hydrogen-bond acceptors (Lipinski definition) is 6. The van der Waals surface area contributed by atoms with Crippen molar-refractivity contribution in [1.29, 1.82) is 0 Å². The summed E-state index contributed by atoms with van der Waals surface area (Å²) in [5.74, 6) is 0.647. The zero-order valence-corrected chi connectivity index (χ0v) is 16.8. The normalized spacial score (nSPS) is 13.1. The minimum Gasteiger partial charge on any atom is -0.278 e. The molecule has 3 heterocycles. The number of para-hydroxylation sites is 1. The van der Waals surface area contributed by atoms with Gasteiger partial charge in [0.2, 0.25) is 4.77 Å². The second-order valence-electron chi connectivity index (χ2n) is 6.55. The molecule has 0 aliphatic heterocycles. The van der Waals surface area contributed by atoms with Crippen molar-refractivity contribution in [3.05, 3.63) is 51.5 Å². The van der Waals surface area contributed by atoms with E-state index in [-0.39, 0.29) is 6.04 Å². The maximum absolute atomic E-state index is 5.62. The first-order valence-electron chi connectivity index (χ1n) is 8.43. The summed E-state index contributed by atoms with van der Waals surface area (Å²) in [5, 5.41) is 5.69. The third-order valence-corrected chi connectivity index (χ3v) is 6.16. The Morgan fingerprint density at radius 3 is 2.77 bits per heavy atom. The molecule has 0 unspecified atom stereocenters. The molecule has 0 spiro atoms. The highest BCUT2D eigenvalue weighted by molar-refractivity contribution is 7.71. The van der Waals surface area contributed by atoms with Crippen LogP contribution in [-0.2, 0) is 6.67 Å². The van der Waals surface area contributed by atoms with E-state index in [2.05, 4.69) is 41.1 Å². The number of aryl methyl sites for hydroxylation is 2. The van der Waals surface area contributed by atoms with E-state index in [9.17, 15) is 0 Å². The molecule has 0 radical (unpaired) electrons. The first-order chi connectivity index (χ1) is 12.4. The molecule has 0 saturated heterocycles. The molecule has 1 atom stereocenters. The zero-order valence-electron chi connectivity index (χ0n) is 15.2. The fourth-order valence-electron chi connectivity index (χ4n) is 3.02. The lowest BCUT2D eigenvalue weighted by Gasteiger charge is -2.22. The van der Waals surface area contributed by atoms with Crippen molar-refractivity contribution < 1.29 is 0 Å². The summed E-state index contributed by atoms with van der Waals surface area (Å²) in [7, 11) is 2.06. The smallest absolute Gasteiger partial charge is 0.254 e. The van der Waals surface area contributed by atoms with Crippen molar-refractivity contribution in [1.82, 2.24) is 29.0 Å². The van der Waals surface area contributed by atoms with Gasteiger partial charge in [-0.2, -0.15) is 0 Å². The second-order valence-corrected chi connectivity index (χ2v) is 7.98. The van der Waals surface area contributed by atoms with Crippen LogP contribution in [-0.4, -0.2) is 36.1 Å². The number of hydrogen-bond donors (Lipinski definition) is 0. The van der Waals surface area contributed by atoms with Gasteiger partial charge in [0.1, 0.15) is 5.01 Å². The predicted molar refractivity (Wildman–Crippen MR) is 107 cm³/mol. The Balaban J connectivity index is 1.64. The Labute approximate surface area is 160 Å². The van der Waals surface area contributed by atoms with Crippen molar-refractivity contribution in [3.8, 4) is 0 Å². The predicted octanol–water partition coefficient (Wildman–Crippen LogP) is 4.14. The van der Waals surface area contributed by atoms with Crippen LogP contribution in [0.2, 0.25) is 0 Å². The van der Waals surface area contributed by atoms with Gasteiger partial charge in [-0.1, -0.05) is 12.1 Å². The van der Waals surface area contributed by atoms with E-state index in [0.717, 1.165) is 21.9 Å². The van der Waals surface area contributed by atoms with E-state index in [4.69, 9.17) is 17.2 Å². The van der Waals surface area contributed by atoms with Crippen LogP contribution in [0.4, 0.5) is 0 Å². The molecular formula is C18H20N6S2. The van der Waals surface area contributed by atoms with Gasteiger partial charge in [-0.25, -0.2) is 14.6 Å². The molecule has 0 bridgehead atoms. The van der Waals surface area contributed by atoms with Crippen molar-refractivity contribution in [2.24, 2.45) is 0 Å². The first-order valence-corrected chi connectivity index (χ1v) is 9.66. The molecule has 26 heavy (non-hydrogen) atoms. The third kappa shape index (κ3) is 2.94. The fraction of sp³-hybridized carbons (Fsp3) is 0.333. The zero-order chi connectivity index (χ0) is 18.4. The summed E-state index contributed by atoms with van der Waals surface area (Å²) in [5.41, 5.74) is 3.04. The molecule has 0 amide bonds. The Bertz CT molecular complexity index is 1120. The highest BCUT2D eigenvalue weighted by atomic mass is 32.1. The first kappa shape index (κ1) is 17.3. The summed E-state index contributed by atoms with van der Waals surface area (Å²) < 4.78 is 5.61. The SMILES string of the molecule is Cc1cc(C)n2c(=S)n(CN(C)[C@@H](C)c3nc4ccccc4s3)nc2n1. The molecule has 0 fully saturated rings. The van der Waals surface area contributed by atoms with E-state index < -0.39 is 0 Å². The summed E-state index contributed by atoms with van der Waals surface area (Å²) in [6.07, 6.45) is 0. The Hall–Kier alpha value is -2.16. The van der Waals surface area contributed by atoms with Gasteiger partial charge in [0.15, 0.2) is 0 Å². The lowest BCUT2D eigenvalue weighted by Crippen LogP contribution is -2.26. The molecule has 0 aliphatic rings. The monoisotopic (exact) mass is 384 g/mol. The van der Waals surface area contributed by atoms with Crippen LogP contribution in [0.25, 0.3) is 16.0 Å². The number of aromatic nitrogens is 5. The number of nitrogens with zero attached hydrogens (tertiary/aromatic N) is 6. The van der Waals surface area contributed by atoms with Crippen LogP contribution in [0.5, 0.6) is 0 Å². The van der Waals surface area contributed by atoms with Crippen molar-refractivity contribution in [2.45, 2.75) is 33.5 Å². The van der Waals surface area contributed by atoms with E-state index in [1.54, 1.807) is 11.3 Å². The van der Waals surface area contributed by atoms with Gasteiger partial charge >= 0.3 is 0 Å². The Kier molecular flexibility index (Phi) is 4.34. The summed E-state index contributed by atoms with van der Waals surface area (Å²) >= 11 is 7.35. The van der Waals surface area contributed by atoms with Gasteiger partial charge in [-0.05, 0) is 58.2 Å². The minimum absolute atomic E-state index is 0.162. The Morgan fingerprint density at radius 1 is 1.23 bits per heavy atom. The molecule has 4 rings (SSSR count). The molecule has 0 saturated carbocycles. The minimum atomic E-state index is 0.162. The second kappa shape index (κ2) is 6.53. The highest BCUT2D eigenvalue weighted by Crippen LogP contribution is 2.29. The van der Waals surface area contributed by atoms with Gasteiger partial charge in [0.05, 0.1) is 22.9 Å². The molecule has 134 valence electrons. The van der Waals surface area contributed by atoms with Crippen LogP contribution < -0.4 is 0 Å². The topological polar surface area (TPSA) is 51.2 Å². The van der Waals surface area contributed by atoms with Gasteiger partial charge in [-0.15, -0.1) is 16.4 Å². The van der Waals surface area contributed by atoms with Crippen LogP contribution in [0.15, 0.2) is 30.3 Å². The molecule has 8 heteroatoms. The van der Waals surface area contributed by atoms with Gasteiger partial charge in [-0.3, -0.25) is 9.30 Å². The van der Waals surface area contributed by atoms with Crippen molar-refractivity contribution >= 4 is 39.5 Å². The van der Waals surface area contributed by atoms with Gasteiger partial charge < -0.3 is 0 Å². The summed E-state index contributed by atoms with van der Waals surface area (Å²) in [4.78, 5) is 11.5. The van der Waals surface area contributed by atoms with E-state index in [1.807, 2.05) is 41.1 Å².